The van der Waals surface area contributed by atoms with E-state index in [4.69, 9.17) is 4.74 Å². The molecule has 0 unspecified atom stereocenters. The average molecular weight is 405 g/mol. The number of rotatable bonds is 3. The van der Waals surface area contributed by atoms with E-state index in [1.165, 1.54) is 16.4 Å². The van der Waals surface area contributed by atoms with Gasteiger partial charge in [0.2, 0.25) is 0 Å². The van der Waals surface area contributed by atoms with Crippen LogP contribution in [0, 0.1) is 5.82 Å². The Kier molecular flexibility index (Phi) is 4.83. The first-order chi connectivity index (χ1) is 13.3. The Bertz CT molecular complexity index is 971. The second-order valence-electron chi connectivity index (χ2n) is 8.05. The summed E-state index contributed by atoms with van der Waals surface area (Å²) in [5.74, 6) is 0.189. The Morgan fingerprint density at radius 3 is 2.50 bits per heavy atom. The highest BCUT2D eigenvalue weighted by Gasteiger charge is 2.40. The van der Waals surface area contributed by atoms with Crippen LogP contribution in [0.2, 0.25) is 0 Å². The molecule has 0 aromatic heterocycles. The molecule has 0 saturated carbocycles. The SMILES string of the molecule is CC1(C)CN(S(=O)(=O)c2ccccc2)c2cc(F)cc(C3CCNCC3)c2O1. The van der Waals surface area contributed by atoms with Crippen molar-refractivity contribution in [2.45, 2.75) is 43.1 Å². The first kappa shape index (κ1) is 19.2. The maximum atomic E-state index is 14.6. The second-order valence-corrected chi connectivity index (χ2v) is 9.92. The summed E-state index contributed by atoms with van der Waals surface area (Å²) in [7, 11) is -3.84. The maximum absolute atomic E-state index is 14.6. The molecule has 1 fully saturated rings. The molecule has 0 bridgehead atoms. The van der Waals surface area contributed by atoms with Gasteiger partial charge in [0.05, 0.1) is 17.1 Å². The van der Waals surface area contributed by atoms with Gasteiger partial charge in [0.25, 0.3) is 10.0 Å². The minimum absolute atomic E-state index is 0.117. The third kappa shape index (κ3) is 3.49. The Morgan fingerprint density at radius 2 is 1.82 bits per heavy atom. The predicted molar refractivity (Wildman–Crippen MR) is 107 cm³/mol. The number of fused-ring (bicyclic) bond motifs is 1. The van der Waals surface area contributed by atoms with Crippen LogP contribution in [-0.4, -0.2) is 33.7 Å². The van der Waals surface area contributed by atoms with Crippen LogP contribution in [0.5, 0.6) is 5.75 Å². The maximum Gasteiger partial charge on any atom is 0.264 e. The Labute approximate surface area is 165 Å². The molecule has 0 amide bonds. The molecule has 1 N–H and O–H groups in total. The number of nitrogens with one attached hydrogen (secondary N) is 1. The number of hydrogen-bond acceptors (Lipinski definition) is 4. The molecule has 0 spiro atoms. The molecule has 150 valence electrons. The van der Waals surface area contributed by atoms with Crippen molar-refractivity contribution in [3.05, 3.63) is 53.8 Å². The highest BCUT2D eigenvalue weighted by atomic mass is 32.2. The van der Waals surface area contributed by atoms with E-state index in [1.54, 1.807) is 30.3 Å². The number of nitrogens with zero attached hydrogens (tertiary/aromatic N) is 1. The van der Waals surface area contributed by atoms with Gasteiger partial charge in [-0.25, -0.2) is 12.8 Å². The monoisotopic (exact) mass is 404 g/mol. The number of halogens is 1. The summed E-state index contributed by atoms with van der Waals surface area (Å²) in [6, 6.07) is 11.0. The predicted octanol–water partition coefficient (Wildman–Crippen LogP) is 3.66. The summed E-state index contributed by atoms with van der Waals surface area (Å²) in [5.41, 5.74) is 0.322. The van der Waals surface area contributed by atoms with Crippen molar-refractivity contribution in [2.75, 3.05) is 23.9 Å². The zero-order chi connectivity index (χ0) is 19.9. The van der Waals surface area contributed by atoms with E-state index in [1.807, 2.05) is 13.8 Å². The highest BCUT2D eigenvalue weighted by Crippen LogP contribution is 2.46. The summed E-state index contributed by atoms with van der Waals surface area (Å²) < 4.78 is 48.9. The fraction of sp³-hybridized carbons (Fsp3) is 0.429. The number of ether oxygens (including phenoxy) is 1. The van der Waals surface area contributed by atoms with Crippen molar-refractivity contribution in [1.82, 2.24) is 5.32 Å². The number of hydrogen-bond donors (Lipinski definition) is 1. The Hall–Kier alpha value is -2.12. The zero-order valence-electron chi connectivity index (χ0n) is 16.1. The number of benzene rings is 2. The lowest BCUT2D eigenvalue weighted by Gasteiger charge is -2.41. The van der Waals surface area contributed by atoms with Gasteiger partial charge in [0, 0.05) is 11.6 Å². The van der Waals surface area contributed by atoms with Crippen molar-refractivity contribution in [3.63, 3.8) is 0 Å². The highest BCUT2D eigenvalue weighted by molar-refractivity contribution is 7.92. The quantitative estimate of drug-likeness (QED) is 0.848. The molecule has 2 aromatic rings. The van der Waals surface area contributed by atoms with Crippen LogP contribution >= 0.6 is 0 Å². The van der Waals surface area contributed by atoms with Crippen molar-refractivity contribution in [3.8, 4) is 5.75 Å². The van der Waals surface area contributed by atoms with E-state index in [0.29, 0.717) is 5.75 Å². The van der Waals surface area contributed by atoms with Crippen LogP contribution in [0.4, 0.5) is 10.1 Å². The fourth-order valence-electron chi connectivity index (χ4n) is 4.01. The standard InChI is InChI=1S/C21H25FN2O3S/c1-21(2)14-24(28(25,26)17-6-4-3-5-7-17)19-13-16(22)12-18(20(19)27-21)15-8-10-23-11-9-15/h3-7,12-13,15,23H,8-11,14H2,1-2H3. The van der Waals surface area contributed by atoms with Gasteiger partial charge in [0.15, 0.2) is 0 Å². The van der Waals surface area contributed by atoms with E-state index in [0.717, 1.165) is 31.5 Å². The van der Waals surface area contributed by atoms with E-state index in [9.17, 15) is 12.8 Å². The van der Waals surface area contributed by atoms with Crippen LogP contribution in [0.1, 0.15) is 38.2 Å². The molecular weight excluding hydrogens is 379 g/mol. The fourth-order valence-corrected chi connectivity index (χ4v) is 5.64. The molecule has 0 radical (unpaired) electrons. The molecule has 2 heterocycles. The van der Waals surface area contributed by atoms with E-state index >= 15 is 0 Å². The summed E-state index contributed by atoms with van der Waals surface area (Å²) in [5, 5.41) is 3.31. The van der Waals surface area contributed by atoms with Gasteiger partial charge in [-0.15, -0.1) is 0 Å². The lowest BCUT2D eigenvalue weighted by molar-refractivity contribution is 0.108. The van der Waals surface area contributed by atoms with Gasteiger partial charge in [-0.05, 0) is 63.9 Å². The van der Waals surface area contributed by atoms with Crippen LogP contribution < -0.4 is 14.4 Å². The summed E-state index contributed by atoms with van der Waals surface area (Å²) >= 11 is 0. The average Bonchev–Trinajstić information content (AvgIpc) is 2.68. The number of piperidine rings is 1. The number of anilines is 1. The zero-order valence-corrected chi connectivity index (χ0v) is 16.9. The topological polar surface area (TPSA) is 58.6 Å². The first-order valence-corrected chi connectivity index (χ1v) is 11.0. The Morgan fingerprint density at radius 1 is 1.14 bits per heavy atom. The molecule has 2 aliphatic rings. The molecule has 5 nitrogen and oxygen atoms in total. The van der Waals surface area contributed by atoms with Gasteiger partial charge in [-0.1, -0.05) is 18.2 Å². The van der Waals surface area contributed by atoms with Crippen LogP contribution in [0.3, 0.4) is 0 Å². The minimum atomic E-state index is -3.84. The molecule has 2 aromatic carbocycles. The largest absolute Gasteiger partial charge is 0.483 e. The molecule has 4 rings (SSSR count). The lowest BCUT2D eigenvalue weighted by Crippen LogP contribution is -2.49. The van der Waals surface area contributed by atoms with Crippen molar-refractivity contribution >= 4 is 15.7 Å². The van der Waals surface area contributed by atoms with Gasteiger partial charge in [0.1, 0.15) is 17.2 Å². The molecule has 28 heavy (non-hydrogen) atoms. The summed E-state index contributed by atoms with van der Waals surface area (Å²) in [6.45, 7) is 5.54. The van der Waals surface area contributed by atoms with Crippen LogP contribution in [0.25, 0.3) is 0 Å². The van der Waals surface area contributed by atoms with Crippen molar-refractivity contribution < 1.29 is 17.5 Å². The number of sulfonamides is 1. The van der Waals surface area contributed by atoms with Gasteiger partial charge < -0.3 is 10.1 Å². The van der Waals surface area contributed by atoms with Crippen molar-refractivity contribution in [1.29, 1.82) is 0 Å². The normalized spacial score (nSPS) is 19.8. The molecule has 0 atom stereocenters. The van der Waals surface area contributed by atoms with E-state index < -0.39 is 21.4 Å². The first-order valence-electron chi connectivity index (χ1n) is 9.59. The third-order valence-electron chi connectivity index (χ3n) is 5.34. The lowest BCUT2D eigenvalue weighted by atomic mass is 9.88. The molecule has 7 heteroatoms. The third-order valence-corrected chi connectivity index (χ3v) is 7.12. The van der Waals surface area contributed by atoms with Crippen LogP contribution in [0.15, 0.2) is 47.4 Å². The van der Waals surface area contributed by atoms with Gasteiger partial charge in [-0.3, -0.25) is 4.31 Å². The molecule has 2 aliphatic heterocycles. The van der Waals surface area contributed by atoms with E-state index in [-0.39, 0.29) is 23.0 Å². The summed E-state index contributed by atoms with van der Waals surface area (Å²) in [4.78, 5) is 0.186. The van der Waals surface area contributed by atoms with Crippen LogP contribution in [-0.2, 0) is 10.0 Å². The Balaban J connectivity index is 1.87. The second kappa shape index (κ2) is 7.04. The van der Waals surface area contributed by atoms with Gasteiger partial charge in [-0.2, -0.15) is 0 Å². The molecule has 0 aliphatic carbocycles. The van der Waals surface area contributed by atoms with Gasteiger partial charge >= 0.3 is 0 Å². The molecular formula is C21H25FN2O3S. The van der Waals surface area contributed by atoms with E-state index in [2.05, 4.69) is 5.32 Å². The summed E-state index contributed by atoms with van der Waals surface area (Å²) in [6.07, 6.45) is 1.73. The minimum Gasteiger partial charge on any atom is -0.483 e. The smallest absolute Gasteiger partial charge is 0.264 e. The molecule has 1 saturated heterocycles. The van der Waals surface area contributed by atoms with Crippen molar-refractivity contribution in [2.24, 2.45) is 0 Å².